The van der Waals surface area contributed by atoms with Gasteiger partial charge in [0.25, 0.3) is 0 Å². The summed E-state index contributed by atoms with van der Waals surface area (Å²) in [4.78, 5) is 0. The average Bonchev–Trinajstić information content (AvgIpc) is 2.78. The summed E-state index contributed by atoms with van der Waals surface area (Å²) in [5.74, 6) is -1.93. The van der Waals surface area contributed by atoms with E-state index in [4.69, 9.17) is 4.74 Å². The first-order valence-corrected chi connectivity index (χ1v) is 11.9. The van der Waals surface area contributed by atoms with Crippen LogP contribution in [0.4, 0.5) is 13.2 Å². The van der Waals surface area contributed by atoms with Gasteiger partial charge in [-0.1, -0.05) is 70.2 Å². The van der Waals surface area contributed by atoms with Crippen LogP contribution in [-0.2, 0) is 11.2 Å². The highest BCUT2D eigenvalue weighted by molar-refractivity contribution is 5.66. The molecule has 2 aromatic rings. The van der Waals surface area contributed by atoms with Gasteiger partial charge in [-0.15, -0.1) is 0 Å². The fourth-order valence-corrected chi connectivity index (χ4v) is 4.47. The molecule has 0 aliphatic carbocycles. The smallest absolute Gasteiger partial charge is 0.167 e. The summed E-state index contributed by atoms with van der Waals surface area (Å²) in [5, 5.41) is 0. The van der Waals surface area contributed by atoms with Crippen LogP contribution < -0.4 is 0 Å². The number of aryl methyl sites for hydroxylation is 1. The molecule has 31 heavy (non-hydrogen) atoms. The van der Waals surface area contributed by atoms with Crippen molar-refractivity contribution in [3.05, 3.63) is 58.9 Å². The molecule has 2 aromatic carbocycles. The topological polar surface area (TPSA) is 9.23 Å². The molecule has 0 bridgehead atoms. The highest BCUT2D eigenvalue weighted by atomic mass is 19.2. The van der Waals surface area contributed by atoms with E-state index < -0.39 is 23.6 Å². The number of ether oxygens (including phenoxy) is 1. The third-order valence-corrected chi connectivity index (χ3v) is 6.44. The third kappa shape index (κ3) is 6.12. The lowest BCUT2D eigenvalue weighted by molar-refractivity contribution is -0.0218. The summed E-state index contributed by atoms with van der Waals surface area (Å²) in [6.07, 6.45) is 10.1. The predicted molar refractivity (Wildman–Crippen MR) is 121 cm³/mol. The van der Waals surface area contributed by atoms with Gasteiger partial charge < -0.3 is 4.74 Å². The second-order valence-electron chi connectivity index (χ2n) is 8.86. The van der Waals surface area contributed by atoms with Crippen LogP contribution in [0.15, 0.2) is 30.3 Å². The van der Waals surface area contributed by atoms with Crippen molar-refractivity contribution in [1.29, 1.82) is 0 Å². The Labute approximate surface area is 185 Å². The van der Waals surface area contributed by atoms with Crippen molar-refractivity contribution in [3.63, 3.8) is 0 Å². The van der Waals surface area contributed by atoms with Crippen LogP contribution in [0.2, 0.25) is 0 Å². The van der Waals surface area contributed by atoms with Crippen LogP contribution in [0.25, 0.3) is 11.1 Å². The van der Waals surface area contributed by atoms with Gasteiger partial charge in [0.05, 0.1) is 12.7 Å². The van der Waals surface area contributed by atoms with Crippen molar-refractivity contribution in [2.24, 2.45) is 5.92 Å². The third-order valence-electron chi connectivity index (χ3n) is 6.44. The Morgan fingerprint density at radius 1 is 0.839 bits per heavy atom. The summed E-state index contributed by atoms with van der Waals surface area (Å²) >= 11 is 0. The lowest BCUT2D eigenvalue weighted by Gasteiger charge is -2.30. The van der Waals surface area contributed by atoms with Crippen molar-refractivity contribution in [1.82, 2.24) is 0 Å². The van der Waals surface area contributed by atoms with E-state index in [0.29, 0.717) is 18.9 Å². The van der Waals surface area contributed by atoms with Crippen molar-refractivity contribution in [2.75, 3.05) is 6.61 Å². The molecule has 1 nitrogen and oxygen atoms in total. The molecule has 0 saturated carbocycles. The first-order chi connectivity index (χ1) is 15.0. The fraction of sp³-hybridized carbons (Fsp3) is 0.556. The molecule has 0 spiro atoms. The van der Waals surface area contributed by atoms with E-state index >= 15 is 0 Å². The maximum Gasteiger partial charge on any atom is 0.167 e. The molecular weight excluding hydrogens is 397 g/mol. The minimum atomic E-state index is -0.997. The molecule has 170 valence electrons. The average molecular weight is 433 g/mol. The zero-order valence-corrected chi connectivity index (χ0v) is 18.9. The molecule has 1 saturated heterocycles. The molecule has 0 radical (unpaired) electrons. The van der Waals surface area contributed by atoms with Crippen LogP contribution in [0.3, 0.4) is 0 Å². The maximum absolute atomic E-state index is 14.9. The van der Waals surface area contributed by atoms with Crippen LogP contribution in [0.5, 0.6) is 0 Å². The molecule has 1 aliphatic heterocycles. The Morgan fingerprint density at radius 3 is 2.29 bits per heavy atom. The van der Waals surface area contributed by atoms with Crippen molar-refractivity contribution in [3.8, 4) is 11.1 Å². The Balaban J connectivity index is 1.67. The van der Waals surface area contributed by atoms with Gasteiger partial charge in [0.2, 0.25) is 0 Å². The van der Waals surface area contributed by atoms with Gasteiger partial charge >= 0.3 is 0 Å². The maximum atomic E-state index is 14.9. The molecule has 1 fully saturated rings. The van der Waals surface area contributed by atoms with E-state index in [1.165, 1.54) is 37.8 Å². The summed E-state index contributed by atoms with van der Waals surface area (Å²) in [7, 11) is 0. The first kappa shape index (κ1) is 23.8. The van der Waals surface area contributed by atoms with E-state index in [-0.39, 0.29) is 16.7 Å². The Bertz CT molecular complexity index is 841. The minimum absolute atomic E-state index is 0.0367. The lowest BCUT2D eigenvalue weighted by Crippen LogP contribution is -2.21. The zero-order chi connectivity index (χ0) is 22.2. The van der Waals surface area contributed by atoms with Crippen molar-refractivity contribution >= 4 is 0 Å². The monoisotopic (exact) mass is 432 g/mol. The molecule has 0 amide bonds. The molecular formula is C27H35F3O. The largest absolute Gasteiger partial charge is 0.373 e. The predicted octanol–water partition coefficient (Wildman–Crippen LogP) is 8.55. The molecule has 4 heteroatoms. The van der Waals surface area contributed by atoms with Gasteiger partial charge in [-0.25, -0.2) is 13.2 Å². The molecule has 2 unspecified atom stereocenters. The van der Waals surface area contributed by atoms with E-state index in [2.05, 4.69) is 13.8 Å². The zero-order valence-electron chi connectivity index (χ0n) is 18.9. The quantitative estimate of drug-likeness (QED) is 0.342. The van der Waals surface area contributed by atoms with Crippen LogP contribution in [0.1, 0.15) is 88.9 Å². The molecule has 0 aromatic heterocycles. The molecule has 2 atom stereocenters. The van der Waals surface area contributed by atoms with Gasteiger partial charge in [0, 0.05) is 16.7 Å². The standard InChI is InChI=1S/C27H35F3O/c1-3-5-7-8-10-20-12-16-25(31-18-20)23-15-14-22(26(29)27(23)30)21-13-11-19(9-6-4-2)17-24(21)28/h11,13-15,17,20,25H,3-10,12,16,18H2,1-2H3. The number of benzene rings is 2. The van der Waals surface area contributed by atoms with Crippen LogP contribution in [-0.4, -0.2) is 6.61 Å². The fourth-order valence-electron chi connectivity index (χ4n) is 4.47. The summed E-state index contributed by atoms with van der Waals surface area (Å²) < 4.78 is 50.3. The Kier molecular flexibility index (Phi) is 9.01. The van der Waals surface area contributed by atoms with Crippen LogP contribution in [0, 0.1) is 23.4 Å². The van der Waals surface area contributed by atoms with Crippen LogP contribution >= 0.6 is 0 Å². The number of hydrogen-bond donors (Lipinski definition) is 0. The number of hydrogen-bond acceptors (Lipinski definition) is 1. The van der Waals surface area contributed by atoms with Crippen molar-refractivity contribution in [2.45, 2.75) is 84.2 Å². The summed E-state index contributed by atoms with van der Waals surface area (Å²) in [6.45, 7) is 4.87. The van der Waals surface area contributed by atoms with E-state index in [0.717, 1.165) is 37.7 Å². The van der Waals surface area contributed by atoms with E-state index in [1.807, 2.05) is 0 Å². The SMILES string of the molecule is CCCCCCC1CCC(c2ccc(-c3ccc(CCCC)cc3F)c(F)c2F)OC1. The van der Waals surface area contributed by atoms with E-state index in [1.54, 1.807) is 18.2 Å². The van der Waals surface area contributed by atoms with Gasteiger partial charge in [0.15, 0.2) is 11.6 Å². The van der Waals surface area contributed by atoms with E-state index in [9.17, 15) is 13.2 Å². The number of rotatable bonds is 10. The summed E-state index contributed by atoms with van der Waals surface area (Å²) in [6, 6.07) is 7.83. The van der Waals surface area contributed by atoms with Gasteiger partial charge in [0.1, 0.15) is 5.82 Å². The summed E-state index contributed by atoms with van der Waals surface area (Å²) in [5.41, 5.74) is 1.18. The van der Waals surface area contributed by atoms with Gasteiger partial charge in [-0.3, -0.25) is 0 Å². The number of unbranched alkanes of at least 4 members (excludes halogenated alkanes) is 4. The molecule has 1 aliphatic rings. The number of halogens is 3. The van der Waals surface area contributed by atoms with Gasteiger partial charge in [-0.2, -0.15) is 0 Å². The Hall–Kier alpha value is -1.81. The first-order valence-electron chi connectivity index (χ1n) is 11.9. The lowest BCUT2D eigenvalue weighted by atomic mass is 9.90. The molecule has 1 heterocycles. The second kappa shape index (κ2) is 11.7. The second-order valence-corrected chi connectivity index (χ2v) is 8.86. The van der Waals surface area contributed by atoms with Crippen molar-refractivity contribution < 1.29 is 17.9 Å². The minimum Gasteiger partial charge on any atom is -0.373 e. The normalized spacial score (nSPS) is 19.0. The highest BCUT2D eigenvalue weighted by Crippen LogP contribution is 2.37. The Morgan fingerprint density at radius 2 is 1.61 bits per heavy atom. The highest BCUT2D eigenvalue weighted by Gasteiger charge is 2.27. The molecule has 3 rings (SSSR count). The molecule has 0 N–H and O–H groups in total. The van der Waals surface area contributed by atoms with Gasteiger partial charge in [-0.05, 0) is 49.7 Å².